The van der Waals surface area contributed by atoms with Gasteiger partial charge in [-0.2, -0.15) is 74.2 Å². The summed E-state index contributed by atoms with van der Waals surface area (Å²) in [4.78, 5) is 8.23. The van der Waals surface area contributed by atoms with Gasteiger partial charge in [0.2, 0.25) is 0 Å². The Morgan fingerprint density at radius 3 is 0.561 bits per heavy atom. The summed E-state index contributed by atoms with van der Waals surface area (Å²) in [7, 11) is 16.1. The van der Waals surface area contributed by atoms with Crippen molar-refractivity contribution in [1.29, 1.82) is 0 Å². The first-order chi connectivity index (χ1) is 18.9. The second kappa shape index (κ2) is 19.4. The van der Waals surface area contributed by atoms with Crippen molar-refractivity contribution in [3.63, 3.8) is 0 Å². The number of hydrogen-bond acceptors (Lipinski definition) is 4. The van der Waals surface area contributed by atoms with Crippen molar-refractivity contribution >= 4 is 22.7 Å². The van der Waals surface area contributed by atoms with Gasteiger partial charge in [-0.15, -0.1) is 24.3 Å². The van der Waals surface area contributed by atoms with Gasteiger partial charge in [0.1, 0.15) is 0 Å². The van der Waals surface area contributed by atoms with Gasteiger partial charge in [-0.1, -0.05) is 71.3 Å². The summed E-state index contributed by atoms with van der Waals surface area (Å²) in [5.41, 5.74) is 9.04. The first-order valence-corrected chi connectivity index (χ1v) is 13.2. The molecular formula is C36H48N4Ti. The third-order valence-electron chi connectivity index (χ3n) is 5.89. The summed E-state index contributed by atoms with van der Waals surface area (Å²) < 4.78 is 0. The second-order valence-corrected chi connectivity index (χ2v) is 10.1. The monoisotopic (exact) mass is 584 g/mol. The van der Waals surface area contributed by atoms with Gasteiger partial charge >= 0.3 is 21.7 Å². The molecule has 216 valence electrons. The fourth-order valence-electron chi connectivity index (χ4n) is 3.79. The molecule has 0 saturated carbocycles. The normalized spacial score (nSPS) is 9.17. The van der Waals surface area contributed by atoms with Crippen molar-refractivity contribution in [3.05, 3.63) is 147 Å². The Hall–Kier alpha value is -3.73. The van der Waals surface area contributed by atoms with E-state index in [1.54, 1.807) is 0 Å². The van der Waals surface area contributed by atoms with Gasteiger partial charge in [0.05, 0.1) is 0 Å². The maximum absolute atomic E-state index is 3.90. The van der Waals surface area contributed by atoms with E-state index >= 15 is 0 Å². The Balaban J connectivity index is 0.000000516. The molecule has 0 aliphatic heterocycles. The standard InChI is InChI=1S/4C9H12N.Ti/c4*1-8-6-4-5-7-9(8)10(2)3;/h4*4-7H,1H2,2-3H3;/q4*-1;+4. The zero-order valence-corrected chi connectivity index (χ0v) is 27.9. The quantitative estimate of drug-likeness (QED) is 0.180. The molecule has 4 nitrogen and oxygen atoms in total. The molecule has 0 fully saturated rings. The number of hydrogen-bond donors (Lipinski definition) is 0. The van der Waals surface area contributed by atoms with Gasteiger partial charge < -0.3 is 19.6 Å². The summed E-state index contributed by atoms with van der Waals surface area (Å²) in [6, 6.07) is 32.3. The van der Waals surface area contributed by atoms with Gasteiger partial charge in [0, 0.05) is 0 Å². The first-order valence-electron chi connectivity index (χ1n) is 13.2. The van der Waals surface area contributed by atoms with Crippen LogP contribution in [0.4, 0.5) is 22.7 Å². The Labute approximate surface area is 266 Å². The minimum atomic E-state index is 0. The molecule has 0 aliphatic rings. The van der Waals surface area contributed by atoms with E-state index in [0.717, 1.165) is 22.3 Å². The van der Waals surface area contributed by atoms with E-state index in [9.17, 15) is 0 Å². The van der Waals surface area contributed by atoms with Crippen molar-refractivity contribution in [2.75, 3.05) is 76.0 Å². The molecule has 0 atom stereocenters. The number of benzene rings is 4. The summed E-state index contributed by atoms with van der Waals surface area (Å²) in [5.74, 6) is 0. The third-order valence-corrected chi connectivity index (χ3v) is 5.89. The fourth-order valence-corrected chi connectivity index (χ4v) is 3.79. The zero-order chi connectivity index (χ0) is 30.2. The fraction of sp³-hybridized carbons (Fsp3) is 0.222. The third kappa shape index (κ3) is 13.5. The molecule has 0 aromatic heterocycles. The second-order valence-electron chi connectivity index (χ2n) is 10.1. The molecule has 0 bridgehead atoms. The van der Waals surface area contributed by atoms with Crippen molar-refractivity contribution in [1.82, 2.24) is 0 Å². The van der Waals surface area contributed by atoms with Crippen molar-refractivity contribution < 1.29 is 21.7 Å². The van der Waals surface area contributed by atoms with Crippen LogP contribution in [0.25, 0.3) is 0 Å². The molecule has 0 heterocycles. The predicted molar refractivity (Wildman–Crippen MR) is 181 cm³/mol. The minimum Gasteiger partial charge on any atom is -0.428 e. The van der Waals surface area contributed by atoms with Crippen LogP contribution in [0.5, 0.6) is 0 Å². The van der Waals surface area contributed by atoms with Gasteiger partial charge in [0.15, 0.2) is 0 Å². The van der Waals surface area contributed by atoms with Crippen LogP contribution in [0.3, 0.4) is 0 Å². The Morgan fingerprint density at radius 1 is 0.317 bits per heavy atom. The molecule has 0 radical (unpaired) electrons. The summed E-state index contributed by atoms with van der Waals surface area (Å²) in [6.07, 6.45) is 0. The largest absolute Gasteiger partial charge is 4.00 e. The van der Waals surface area contributed by atoms with E-state index in [-0.39, 0.29) is 21.7 Å². The topological polar surface area (TPSA) is 13.0 Å². The average Bonchev–Trinajstić information content (AvgIpc) is 2.90. The van der Waals surface area contributed by atoms with Gasteiger partial charge in [-0.3, -0.25) is 0 Å². The number of para-hydroxylation sites is 4. The van der Waals surface area contributed by atoms with Crippen LogP contribution in [0.15, 0.2) is 97.1 Å². The van der Waals surface area contributed by atoms with E-state index in [1.807, 2.05) is 129 Å². The van der Waals surface area contributed by atoms with E-state index in [1.165, 1.54) is 22.7 Å². The van der Waals surface area contributed by atoms with Gasteiger partial charge in [-0.25, -0.2) is 0 Å². The van der Waals surface area contributed by atoms with Crippen LogP contribution >= 0.6 is 0 Å². The molecule has 0 saturated heterocycles. The SMILES string of the molecule is [CH2-]c1ccccc1N(C)C.[CH2-]c1ccccc1N(C)C.[CH2-]c1ccccc1N(C)C.[CH2-]c1ccccc1N(C)C.[Ti+4]. The van der Waals surface area contributed by atoms with Crippen molar-refractivity contribution in [3.8, 4) is 0 Å². The summed E-state index contributed by atoms with van der Waals surface area (Å²) in [6.45, 7) is 15.6. The molecule has 4 aromatic rings. The van der Waals surface area contributed by atoms with Crippen LogP contribution in [0.1, 0.15) is 22.3 Å². The Morgan fingerprint density at radius 2 is 0.463 bits per heavy atom. The molecule has 0 aliphatic carbocycles. The Bertz CT molecular complexity index is 1070. The molecule has 4 rings (SSSR count). The van der Waals surface area contributed by atoms with Gasteiger partial charge in [-0.05, 0) is 56.4 Å². The number of rotatable bonds is 4. The van der Waals surface area contributed by atoms with E-state index < -0.39 is 0 Å². The van der Waals surface area contributed by atoms with Crippen molar-refractivity contribution in [2.24, 2.45) is 0 Å². The molecule has 0 spiro atoms. The smallest absolute Gasteiger partial charge is 0.428 e. The van der Waals surface area contributed by atoms with Crippen LogP contribution in [-0.2, 0) is 21.7 Å². The van der Waals surface area contributed by atoms with Crippen LogP contribution in [-0.4, -0.2) is 56.4 Å². The molecule has 0 N–H and O–H groups in total. The average molecular weight is 585 g/mol. The maximum atomic E-state index is 3.90. The predicted octanol–water partition coefficient (Wildman–Crippen LogP) is 7.74. The number of anilines is 4. The van der Waals surface area contributed by atoms with E-state index in [4.69, 9.17) is 0 Å². The molecule has 5 heteroatoms. The summed E-state index contributed by atoms with van der Waals surface area (Å²) >= 11 is 0. The zero-order valence-electron chi connectivity index (χ0n) is 26.4. The Kier molecular flexibility index (Phi) is 17.6. The van der Waals surface area contributed by atoms with E-state index in [2.05, 4.69) is 71.6 Å². The molecule has 4 aromatic carbocycles. The van der Waals surface area contributed by atoms with Crippen molar-refractivity contribution in [2.45, 2.75) is 0 Å². The van der Waals surface area contributed by atoms with Crippen LogP contribution in [0, 0.1) is 27.7 Å². The van der Waals surface area contributed by atoms with Crippen LogP contribution in [0.2, 0.25) is 0 Å². The van der Waals surface area contributed by atoms with Gasteiger partial charge in [0.25, 0.3) is 0 Å². The maximum Gasteiger partial charge on any atom is 4.00 e. The molecule has 0 amide bonds. The minimum absolute atomic E-state index is 0. The first kappa shape index (κ1) is 37.3. The summed E-state index contributed by atoms with van der Waals surface area (Å²) in [5, 5.41) is 0. The van der Waals surface area contributed by atoms with E-state index in [0.29, 0.717) is 0 Å². The molecule has 0 unspecified atom stereocenters. The molecule has 41 heavy (non-hydrogen) atoms. The molecular weight excluding hydrogens is 536 g/mol. The number of nitrogens with zero attached hydrogens (tertiary/aromatic N) is 4. The van der Waals surface area contributed by atoms with Crippen LogP contribution < -0.4 is 19.6 Å².